The van der Waals surface area contributed by atoms with E-state index in [1.54, 1.807) is 0 Å². The van der Waals surface area contributed by atoms with Crippen LogP contribution in [0.2, 0.25) is 0 Å². The maximum absolute atomic E-state index is 11.5. The quantitative estimate of drug-likeness (QED) is 0.698. The third-order valence-electron chi connectivity index (χ3n) is 3.73. The van der Waals surface area contributed by atoms with Crippen molar-refractivity contribution >= 4 is 11.9 Å². The summed E-state index contributed by atoms with van der Waals surface area (Å²) >= 11 is 0. The maximum atomic E-state index is 11.5. The average Bonchev–Trinajstić information content (AvgIpc) is 2.26. The summed E-state index contributed by atoms with van der Waals surface area (Å²) in [5.74, 6) is -1.01. The van der Waals surface area contributed by atoms with E-state index in [1.165, 1.54) is 0 Å². The third kappa shape index (κ3) is 2.04. The van der Waals surface area contributed by atoms with Crippen LogP contribution in [-0.2, 0) is 9.59 Å². The molecule has 90 valence electrons. The number of carbonyl (C=O) groups excluding carboxylic acids is 1. The Labute approximate surface area is 94.8 Å². The normalized spacial score (nSPS) is 35.3. The van der Waals surface area contributed by atoms with Gasteiger partial charge in [-0.25, -0.2) is 0 Å². The Morgan fingerprint density at radius 1 is 1.56 bits per heavy atom. The van der Waals surface area contributed by atoms with E-state index >= 15 is 0 Å². The van der Waals surface area contributed by atoms with E-state index in [-0.39, 0.29) is 17.9 Å². The first-order chi connectivity index (χ1) is 7.61. The van der Waals surface area contributed by atoms with Gasteiger partial charge in [0.15, 0.2) is 0 Å². The molecule has 0 radical (unpaired) electrons. The van der Waals surface area contributed by atoms with Crippen molar-refractivity contribution in [1.29, 1.82) is 0 Å². The fraction of sp³-hybridized carbons (Fsp3) is 0.818. The smallest absolute Gasteiger partial charge is 0.306 e. The van der Waals surface area contributed by atoms with Gasteiger partial charge in [0.1, 0.15) is 0 Å². The first-order valence-corrected chi connectivity index (χ1v) is 5.88. The molecule has 2 aliphatic rings. The number of hydrogen-bond acceptors (Lipinski definition) is 3. The van der Waals surface area contributed by atoms with Crippen LogP contribution < -0.4 is 5.32 Å². The van der Waals surface area contributed by atoms with Crippen molar-refractivity contribution in [2.75, 3.05) is 13.1 Å². The van der Waals surface area contributed by atoms with Crippen LogP contribution in [0.5, 0.6) is 0 Å². The highest BCUT2D eigenvalue weighted by molar-refractivity contribution is 5.79. The number of carbonyl (C=O) groups is 2. The number of nitrogens with zero attached hydrogens (tertiary/aromatic N) is 1. The Kier molecular flexibility index (Phi) is 3.14. The molecular formula is C11H18N2O3. The lowest BCUT2D eigenvalue weighted by Gasteiger charge is -2.45. The maximum Gasteiger partial charge on any atom is 0.306 e. The van der Waals surface area contributed by atoms with Crippen LogP contribution in [0.3, 0.4) is 0 Å². The highest BCUT2D eigenvalue weighted by atomic mass is 16.4. The predicted molar refractivity (Wildman–Crippen MR) is 57.9 cm³/mol. The fourth-order valence-electron chi connectivity index (χ4n) is 2.87. The van der Waals surface area contributed by atoms with Crippen molar-refractivity contribution in [3.05, 3.63) is 0 Å². The third-order valence-corrected chi connectivity index (χ3v) is 3.73. The zero-order chi connectivity index (χ0) is 11.7. The van der Waals surface area contributed by atoms with Gasteiger partial charge in [-0.1, -0.05) is 6.92 Å². The van der Waals surface area contributed by atoms with Gasteiger partial charge in [0, 0.05) is 12.1 Å². The summed E-state index contributed by atoms with van der Waals surface area (Å²) in [5, 5.41) is 11.9. The van der Waals surface area contributed by atoms with E-state index < -0.39 is 5.97 Å². The van der Waals surface area contributed by atoms with Gasteiger partial charge in [-0.2, -0.15) is 0 Å². The first kappa shape index (κ1) is 11.4. The molecule has 0 aromatic rings. The number of piperazine rings is 1. The molecule has 1 aliphatic carbocycles. The Balaban J connectivity index is 2.07. The van der Waals surface area contributed by atoms with Crippen LogP contribution in [0.15, 0.2) is 0 Å². The molecule has 2 N–H and O–H groups in total. The Morgan fingerprint density at radius 2 is 2.31 bits per heavy atom. The van der Waals surface area contributed by atoms with Gasteiger partial charge < -0.3 is 10.4 Å². The van der Waals surface area contributed by atoms with E-state index in [1.807, 2.05) is 6.92 Å². The van der Waals surface area contributed by atoms with E-state index in [2.05, 4.69) is 10.2 Å². The van der Waals surface area contributed by atoms with Gasteiger partial charge in [-0.3, -0.25) is 14.5 Å². The molecule has 3 atom stereocenters. The number of amides is 1. The predicted octanol–water partition coefficient (Wildman–Crippen LogP) is 0.0600. The second-order valence-electron chi connectivity index (χ2n) is 4.65. The van der Waals surface area contributed by atoms with Gasteiger partial charge in [0.2, 0.25) is 5.91 Å². The van der Waals surface area contributed by atoms with Gasteiger partial charge in [-0.15, -0.1) is 0 Å². The SMILES string of the molecule is CCN1CC(=O)N[C@@H]2C[C@H](C(=O)O)CC[C@H]21. The van der Waals surface area contributed by atoms with E-state index in [9.17, 15) is 9.59 Å². The summed E-state index contributed by atoms with van der Waals surface area (Å²) in [6.07, 6.45) is 2.17. The van der Waals surface area contributed by atoms with Crippen molar-refractivity contribution in [3.63, 3.8) is 0 Å². The zero-order valence-corrected chi connectivity index (χ0v) is 9.48. The van der Waals surface area contributed by atoms with Gasteiger partial charge in [-0.05, 0) is 25.8 Å². The van der Waals surface area contributed by atoms with Crippen LogP contribution in [0.25, 0.3) is 0 Å². The number of fused-ring (bicyclic) bond motifs is 1. The summed E-state index contributed by atoms with van der Waals surface area (Å²) in [6, 6.07) is 0.356. The Morgan fingerprint density at radius 3 is 2.94 bits per heavy atom. The van der Waals surface area contributed by atoms with Gasteiger partial charge >= 0.3 is 5.97 Å². The Bertz CT molecular complexity index is 306. The van der Waals surface area contributed by atoms with Crippen LogP contribution in [0, 0.1) is 5.92 Å². The highest BCUT2D eigenvalue weighted by Gasteiger charge is 2.40. The topological polar surface area (TPSA) is 69.6 Å². The van der Waals surface area contributed by atoms with Crippen molar-refractivity contribution in [2.45, 2.75) is 38.3 Å². The molecule has 1 amide bonds. The minimum Gasteiger partial charge on any atom is -0.481 e. The molecule has 0 spiro atoms. The molecule has 0 aromatic carbocycles. The lowest BCUT2D eigenvalue weighted by Crippen LogP contribution is -2.62. The first-order valence-electron chi connectivity index (χ1n) is 5.88. The number of rotatable bonds is 2. The number of likely N-dealkylation sites (N-methyl/N-ethyl adjacent to an activating group) is 1. The van der Waals surface area contributed by atoms with Crippen molar-refractivity contribution in [3.8, 4) is 0 Å². The summed E-state index contributed by atoms with van der Waals surface area (Å²) in [4.78, 5) is 24.6. The standard InChI is InChI=1S/C11H18N2O3/c1-2-13-6-10(14)12-8-5-7(11(15)16)3-4-9(8)13/h7-9H,2-6H2,1H3,(H,12,14)(H,15,16)/t7-,8-,9-/m1/s1. The minimum absolute atomic E-state index is 0.0224. The molecule has 5 heteroatoms. The van der Waals surface area contributed by atoms with Gasteiger partial charge in [0.25, 0.3) is 0 Å². The largest absolute Gasteiger partial charge is 0.481 e. The fourth-order valence-corrected chi connectivity index (χ4v) is 2.87. The molecule has 5 nitrogen and oxygen atoms in total. The molecule has 16 heavy (non-hydrogen) atoms. The van der Waals surface area contributed by atoms with Crippen molar-refractivity contribution < 1.29 is 14.7 Å². The second-order valence-corrected chi connectivity index (χ2v) is 4.65. The summed E-state index contributed by atoms with van der Waals surface area (Å²) in [6.45, 7) is 3.35. The number of carboxylic acid groups (broad SMARTS) is 1. The van der Waals surface area contributed by atoms with Crippen LogP contribution >= 0.6 is 0 Å². The summed E-state index contributed by atoms with van der Waals surface area (Å²) in [7, 11) is 0. The molecular weight excluding hydrogens is 208 g/mol. The molecule has 0 bridgehead atoms. The van der Waals surface area contributed by atoms with Gasteiger partial charge in [0.05, 0.1) is 12.5 Å². The summed E-state index contributed by atoms with van der Waals surface area (Å²) in [5.41, 5.74) is 0. The van der Waals surface area contributed by atoms with Crippen molar-refractivity contribution in [2.24, 2.45) is 5.92 Å². The molecule has 1 heterocycles. The minimum atomic E-state index is -0.735. The van der Waals surface area contributed by atoms with Crippen LogP contribution in [0.4, 0.5) is 0 Å². The second kappa shape index (κ2) is 4.41. The average molecular weight is 226 g/mol. The van der Waals surface area contributed by atoms with E-state index in [0.717, 1.165) is 19.4 Å². The molecule has 0 unspecified atom stereocenters. The monoisotopic (exact) mass is 226 g/mol. The molecule has 2 fully saturated rings. The molecule has 1 saturated heterocycles. The molecule has 0 aromatic heterocycles. The lowest BCUT2D eigenvalue weighted by molar-refractivity contribution is -0.145. The van der Waals surface area contributed by atoms with Crippen LogP contribution in [0.1, 0.15) is 26.2 Å². The van der Waals surface area contributed by atoms with Crippen molar-refractivity contribution in [1.82, 2.24) is 10.2 Å². The number of carboxylic acids is 1. The van der Waals surface area contributed by atoms with Crippen LogP contribution in [-0.4, -0.2) is 47.1 Å². The summed E-state index contributed by atoms with van der Waals surface area (Å²) < 4.78 is 0. The number of hydrogen-bond donors (Lipinski definition) is 2. The zero-order valence-electron chi connectivity index (χ0n) is 9.48. The van der Waals surface area contributed by atoms with E-state index in [4.69, 9.17) is 5.11 Å². The highest BCUT2D eigenvalue weighted by Crippen LogP contribution is 2.29. The van der Waals surface area contributed by atoms with E-state index in [0.29, 0.717) is 19.0 Å². The number of aliphatic carboxylic acids is 1. The molecule has 1 saturated carbocycles. The number of nitrogens with one attached hydrogen (secondary N) is 1. The lowest BCUT2D eigenvalue weighted by atomic mass is 9.80. The molecule has 1 aliphatic heterocycles. The Hall–Kier alpha value is -1.10. The molecule has 2 rings (SSSR count).